The molecule has 1 amide bonds. The van der Waals surface area contributed by atoms with Crippen LogP contribution in [0, 0.1) is 0 Å². The van der Waals surface area contributed by atoms with Crippen molar-refractivity contribution in [1.29, 1.82) is 0 Å². The molecule has 3 heterocycles. The fourth-order valence-electron chi connectivity index (χ4n) is 3.54. The first kappa shape index (κ1) is 18.9. The van der Waals surface area contributed by atoms with E-state index in [4.69, 9.17) is 4.74 Å². The molecular weight excluding hydrogens is 370 g/mol. The Kier molecular flexibility index (Phi) is 5.18. The Morgan fingerprint density at radius 2 is 2.00 bits per heavy atom. The zero-order valence-electron chi connectivity index (χ0n) is 16.4. The number of amides is 1. The summed E-state index contributed by atoms with van der Waals surface area (Å²) in [5.41, 5.74) is 1.90. The van der Waals surface area contributed by atoms with Crippen LogP contribution in [0.15, 0.2) is 47.5 Å². The number of methoxy groups -OCH3 is 1. The highest BCUT2D eigenvalue weighted by atomic mass is 16.5. The van der Waals surface area contributed by atoms with Crippen molar-refractivity contribution in [2.45, 2.75) is 0 Å². The van der Waals surface area contributed by atoms with E-state index < -0.39 is 0 Å². The number of aromatic nitrogens is 2. The van der Waals surface area contributed by atoms with Gasteiger partial charge in [0.25, 0.3) is 11.5 Å². The molecule has 8 heteroatoms. The quantitative estimate of drug-likeness (QED) is 0.704. The second-order valence-electron chi connectivity index (χ2n) is 7.06. The molecule has 8 nitrogen and oxygen atoms in total. The summed E-state index contributed by atoms with van der Waals surface area (Å²) in [7, 11) is 3.74. The number of nitrogens with zero attached hydrogens (tertiary/aromatic N) is 3. The van der Waals surface area contributed by atoms with Gasteiger partial charge in [-0.2, -0.15) is 0 Å². The van der Waals surface area contributed by atoms with Gasteiger partial charge in [-0.3, -0.25) is 14.6 Å². The predicted octanol–water partition coefficient (Wildman–Crippen LogP) is 1.94. The molecule has 1 aliphatic heterocycles. The van der Waals surface area contributed by atoms with Gasteiger partial charge < -0.3 is 24.8 Å². The highest BCUT2D eigenvalue weighted by Gasteiger charge is 2.19. The van der Waals surface area contributed by atoms with E-state index in [2.05, 4.69) is 32.1 Å². The Morgan fingerprint density at radius 3 is 2.76 bits per heavy atom. The number of piperazine rings is 1. The number of hydrogen-bond acceptors (Lipinski definition) is 6. The van der Waals surface area contributed by atoms with Crippen LogP contribution in [0.3, 0.4) is 0 Å². The third kappa shape index (κ3) is 3.79. The minimum absolute atomic E-state index is 0.239. The minimum Gasteiger partial charge on any atom is -0.495 e. The monoisotopic (exact) mass is 393 g/mol. The molecule has 1 saturated heterocycles. The van der Waals surface area contributed by atoms with Gasteiger partial charge in [0.15, 0.2) is 0 Å². The Labute approximate surface area is 168 Å². The van der Waals surface area contributed by atoms with E-state index in [9.17, 15) is 9.59 Å². The van der Waals surface area contributed by atoms with Gasteiger partial charge in [-0.15, -0.1) is 0 Å². The molecule has 3 aromatic rings. The summed E-state index contributed by atoms with van der Waals surface area (Å²) in [4.78, 5) is 36.0. The lowest BCUT2D eigenvalue weighted by atomic mass is 10.1. The highest BCUT2D eigenvalue weighted by Crippen LogP contribution is 2.32. The fourth-order valence-corrected chi connectivity index (χ4v) is 3.54. The van der Waals surface area contributed by atoms with Gasteiger partial charge >= 0.3 is 0 Å². The van der Waals surface area contributed by atoms with Gasteiger partial charge in [0.2, 0.25) is 0 Å². The van der Waals surface area contributed by atoms with Crippen LogP contribution in [0.2, 0.25) is 0 Å². The summed E-state index contributed by atoms with van der Waals surface area (Å²) in [6.45, 7) is 3.84. The van der Waals surface area contributed by atoms with Crippen LogP contribution < -0.4 is 20.5 Å². The van der Waals surface area contributed by atoms with E-state index in [1.807, 2.05) is 18.2 Å². The molecule has 1 aliphatic rings. The average molecular weight is 393 g/mol. The molecule has 2 aromatic heterocycles. The smallest absolute Gasteiger partial charge is 0.274 e. The molecular formula is C21H23N5O3. The summed E-state index contributed by atoms with van der Waals surface area (Å²) in [6.07, 6.45) is 2.94. The molecule has 2 N–H and O–H groups in total. The lowest BCUT2D eigenvalue weighted by Gasteiger charge is -2.34. The Balaban J connectivity index is 1.59. The van der Waals surface area contributed by atoms with Crippen molar-refractivity contribution in [1.82, 2.24) is 14.9 Å². The number of fused-ring (bicyclic) bond motifs is 1. The number of anilines is 2. The van der Waals surface area contributed by atoms with Gasteiger partial charge in [-0.25, -0.2) is 0 Å². The first-order valence-electron chi connectivity index (χ1n) is 9.46. The minimum atomic E-state index is -0.325. The molecule has 150 valence electrons. The molecule has 0 atom stereocenters. The van der Waals surface area contributed by atoms with E-state index in [1.54, 1.807) is 19.2 Å². The van der Waals surface area contributed by atoms with E-state index in [-0.39, 0.29) is 17.0 Å². The molecule has 0 aliphatic carbocycles. The summed E-state index contributed by atoms with van der Waals surface area (Å²) in [5.74, 6) is 0.383. The number of nitrogens with one attached hydrogen (secondary N) is 2. The molecule has 0 saturated carbocycles. The second kappa shape index (κ2) is 7.92. The van der Waals surface area contributed by atoms with Crippen molar-refractivity contribution < 1.29 is 9.53 Å². The topological polar surface area (TPSA) is 90.6 Å². The largest absolute Gasteiger partial charge is 0.495 e. The van der Waals surface area contributed by atoms with Gasteiger partial charge in [0.1, 0.15) is 11.3 Å². The van der Waals surface area contributed by atoms with Crippen LogP contribution in [-0.2, 0) is 0 Å². The van der Waals surface area contributed by atoms with Gasteiger partial charge in [-0.05, 0) is 25.2 Å². The maximum Gasteiger partial charge on any atom is 0.274 e. The van der Waals surface area contributed by atoms with Crippen LogP contribution in [0.5, 0.6) is 5.75 Å². The number of pyridine rings is 2. The van der Waals surface area contributed by atoms with Crippen LogP contribution >= 0.6 is 0 Å². The lowest BCUT2D eigenvalue weighted by molar-refractivity contribution is 0.102. The summed E-state index contributed by atoms with van der Waals surface area (Å²) >= 11 is 0. The van der Waals surface area contributed by atoms with Crippen molar-refractivity contribution in [2.75, 3.05) is 50.6 Å². The molecule has 29 heavy (non-hydrogen) atoms. The van der Waals surface area contributed by atoms with Crippen molar-refractivity contribution in [2.24, 2.45) is 0 Å². The van der Waals surface area contributed by atoms with Gasteiger partial charge in [0, 0.05) is 55.7 Å². The number of hydrogen-bond donors (Lipinski definition) is 2. The van der Waals surface area contributed by atoms with Crippen LogP contribution in [0.25, 0.3) is 10.9 Å². The maximum absolute atomic E-state index is 12.8. The number of benzene rings is 1. The number of ether oxygens (including phenoxy) is 1. The number of likely N-dealkylation sites (N-methyl/N-ethyl adjacent to an activating group) is 1. The maximum atomic E-state index is 12.8. The zero-order valence-corrected chi connectivity index (χ0v) is 16.4. The van der Waals surface area contributed by atoms with E-state index in [0.717, 1.165) is 31.9 Å². The summed E-state index contributed by atoms with van der Waals surface area (Å²) in [5, 5.41) is 3.40. The van der Waals surface area contributed by atoms with Crippen LogP contribution in [0.1, 0.15) is 10.4 Å². The number of H-pyrrole nitrogens is 1. The molecule has 0 radical (unpaired) electrons. The molecule has 0 unspecified atom stereocenters. The van der Waals surface area contributed by atoms with E-state index in [0.29, 0.717) is 22.4 Å². The second-order valence-corrected chi connectivity index (χ2v) is 7.06. The highest BCUT2D eigenvalue weighted by molar-refractivity contribution is 6.12. The number of rotatable bonds is 4. The van der Waals surface area contributed by atoms with E-state index in [1.165, 1.54) is 12.4 Å². The van der Waals surface area contributed by atoms with Crippen LogP contribution in [-0.4, -0.2) is 61.1 Å². The average Bonchev–Trinajstić information content (AvgIpc) is 2.75. The Bertz CT molecular complexity index is 1100. The Morgan fingerprint density at radius 1 is 1.21 bits per heavy atom. The van der Waals surface area contributed by atoms with Crippen molar-refractivity contribution in [3.05, 3.63) is 58.6 Å². The number of carbonyl (C=O) groups is 1. The number of aromatic amines is 1. The lowest BCUT2D eigenvalue weighted by Crippen LogP contribution is -2.44. The molecule has 0 spiro atoms. The van der Waals surface area contributed by atoms with Crippen molar-refractivity contribution >= 4 is 28.2 Å². The summed E-state index contributed by atoms with van der Waals surface area (Å²) in [6, 6.07) is 9.06. The standard InChI is InChI=1S/C21H23N5O3/c1-25-8-10-26(11-9-25)17-6-5-14(12-18(17)29-2)24-20(27)16-13-23-21(28)19-15(16)4-3-7-22-19/h3-7,12-13H,8-11H2,1-2H3,(H,23,28)(H,24,27). The molecule has 1 fully saturated rings. The molecule has 4 rings (SSSR count). The molecule has 1 aromatic carbocycles. The zero-order chi connectivity index (χ0) is 20.4. The van der Waals surface area contributed by atoms with E-state index >= 15 is 0 Å². The first-order chi connectivity index (χ1) is 14.1. The predicted molar refractivity (Wildman–Crippen MR) is 113 cm³/mol. The van der Waals surface area contributed by atoms with Gasteiger partial charge in [-0.1, -0.05) is 6.07 Å². The SMILES string of the molecule is COc1cc(NC(=O)c2c[nH]c(=O)c3ncccc23)ccc1N1CCN(C)CC1. The third-order valence-corrected chi connectivity index (χ3v) is 5.19. The van der Waals surface area contributed by atoms with Gasteiger partial charge in [0.05, 0.1) is 18.4 Å². The van der Waals surface area contributed by atoms with Crippen molar-refractivity contribution in [3.63, 3.8) is 0 Å². The summed E-state index contributed by atoms with van der Waals surface area (Å²) < 4.78 is 5.58. The molecule has 0 bridgehead atoms. The van der Waals surface area contributed by atoms with Crippen molar-refractivity contribution in [3.8, 4) is 5.75 Å². The number of carbonyl (C=O) groups excluding carboxylic acids is 1. The Hall–Kier alpha value is -3.39. The normalized spacial score (nSPS) is 14.8. The van der Waals surface area contributed by atoms with Crippen LogP contribution in [0.4, 0.5) is 11.4 Å². The fraction of sp³-hybridized carbons (Fsp3) is 0.286. The third-order valence-electron chi connectivity index (χ3n) is 5.19. The first-order valence-corrected chi connectivity index (χ1v) is 9.46.